The van der Waals surface area contributed by atoms with Crippen LogP contribution in [0.1, 0.15) is 71.3 Å². The van der Waals surface area contributed by atoms with E-state index in [1.54, 1.807) is 0 Å². The normalized spacial score (nSPS) is 32.5. The summed E-state index contributed by atoms with van der Waals surface area (Å²) in [5.41, 5.74) is 1.85. The van der Waals surface area contributed by atoms with Gasteiger partial charge in [-0.2, -0.15) is 0 Å². The molecule has 0 aromatic heterocycles. The fraction of sp³-hybridized carbons (Fsp3) is 0.750. The van der Waals surface area contributed by atoms with E-state index in [1.165, 1.54) is 44.1 Å². The van der Waals surface area contributed by atoms with Crippen molar-refractivity contribution >= 4 is 0 Å². The van der Waals surface area contributed by atoms with Gasteiger partial charge in [0.1, 0.15) is 0 Å². The molecule has 4 aliphatic carbocycles. The highest BCUT2D eigenvalue weighted by Crippen LogP contribution is 2.61. The molecule has 0 aliphatic heterocycles. The smallest absolute Gasteiger partial charge is 0.161 e. The summed E-state index contributed by atoms with van der Waals surface area (Å²) < 4.78 is 11.7. The fourth-order valence-corrected chi connectivity index (χ4v) is 6.46. The molecule has 3 heteroatoms. The molecule has 4 fully saturated rings. The van der Waals surface area contributed by atoms with Gasteiger partial charge in [-0.3, -0.25) is 0 Å². The number of rotatable bonds is 9. The van der Waals surface area contributed by atoms with Crippen molar-refractivity contribution in [3.63, 3.8) is 0 Å². The zero-order valence-corrected chi connectivity index (χ0v) is 17.4. The quantitative estimate of drug-likeness (QED) is 0.616. The predicted molar refractivity (Wildman–Crippen MR) is 110 cm³/mol. The lowest BCUT2D eigenvalue weighted by molar-refractivity contribution is -0.0706. The van der Waals surface area contributed by atoms with E-state index in [-0.39, 0.29) is 0 Å². The number of nitrogens with one attached hydrogen (secondary N) is 1. The minimum Gasteiger partial charge on any atom is -0.490 e. The molecule has 4 bridgehead atoms. The molecule has 150 valence electrons. The lowest BCUT2D eigenvalue weighted by atomic mass is 9.48. The summed E-state index contributed by atoms with van der Waals surface area (Å²) in [5, 5.41) is 3.89. The largest absolute Gasteiger partial charge is 0.490 e. The van der Waals surface area contributed by atoms with Crippen molar-refractivity contribution < 1.29 is 9.47 Å². The van der Waals surface area contributed by atoms with Gasteiger partial charge in [-0.15, -0.1) is 0 Å². The molecule has 1 aromatic rings. The molecule has 4 aliphatic rings. The number of benzene rings is 1. The molecule has 3 nitrogen and oxygen atoms in total. The lowest BCUT2D eigenvalue weighted by Crippen LogP contribution is -2.54. The van der Waals surface area contributed by atoms with Crippen molar-refractivity contribution in [2.75, 3.05) is 13.2 Å². The highest BCUT2D eigenvalue weighted by Gasteiger charge is 2.52. The van der Waals surface area contributed by atoms with Crippen molar-refractivity contribution in [3.05, 3.63) is 23.8 Å². The lowest BCUT2D eigenvalue weighted by Gasteiger charge is -2.59. The van der Waals surface area contributed by atoms with E-state index < -0.39 is 0 Å². The van der Waals surface area contributed by atoms with Gasteiger partial charge >= 0.3 is 0 Å². The average molecular weight is 372 g/mol. The third-order valence-electron chi connectivity index (χ3n) is 7.39. The first-order valence-electron chi connectivity index (χ1n) is 11.2. The van der Waals surface area contributed by atoms with Crippen LogP contribution < -0.4 is 14.8 Å². The molecule has 1 aromatic carbocycles. The third kappa shape index (κ3) is 3.99. The maximum absolute atomic E-state index is 5.84. The molecular weight excluding hydrogens is 334 g/mol. The van der Waals surface area contributed by atoms with Crippen molar-refractivity contribution in [2.24, 2.45) is 23.2 Å². The summed E-state index contributed by atoms with van der Waals surface area (Å²) in [6.07, 6.45) is 9.94. The Hall–Kier alpha value is -1.22. The molecular formula is C24H37NO2. The van der Waals surface area contributed by atoms with Crippen molar-refractivity contribution in [3.8, 4) is 11.5 Å². The first kappa shape index (κ1) is 19.1. The molecule has 0 heterocycles. The monoisotopic (exact) mass is 371 g/mol. The van der Waals surface area contributed by atoms with Crippen LogP contribution in [0.5, 0.6) is 11.5 Å². The van der Waals surface area contributed by atoms with Crippen LogP contribution >= 0.6 is 0 Å². The van der Waals surface area contributed by atoms with E-state index in [4.69, 9.17) is 9.47 Å². The van der Waals surface area contributed by atoms with E-state index in [1.807, 2.05) is 6.92 Å². The summed E-state index contributed by atoms with van der Waals surface area (Å²) in [6, 6.07) is 7.02. The van der Waals surface area contributed by atoms with Crippen LogP contribution in [-0.4, -0.2) is 19.3 Å². The molecule has 1 unspecified atom stereocenters. The summed E-state index contributed by atoms with van der Waals surface area (Å²) in [4.78, 5) is 0. The predicted octanol–water partition coefficient (Wildman–Crippen LogP) is 5.57. The molecule has 0 amide bonds. The molecule has 0 spiro atoms. The Labute approximate surface area is 165 Å². The summed E-state index contributed by atoms with van der Waals surface area (Å²) in [5.74, 6) is 4.80. The van der Waals surface area contributed by atoms with Crippen LogP contribution in [0.2, 0.25) is 0 Å². The van der Waals surface area contributed by atoms with Gasteiger partial charge in [-0.05, 0) is 99.7 Å². The zero-order valence-electron chi connectivity index (χ0n) is 17.4. The Bertz CT molecular complexity index is 606. The fourth-order valence-electron chi connectivity index (χ4n) is 6.46. The van der Waals surface area contributed by atoms with Gasteiger partial charge in [-0.25, -0.2) is 0 Å². The van der Waals surface area contributed by atoms with E-state index in [9.17, 15) is 0 Å². The Morgan fingerprint density at radius 1 is 1.00 bits per heavy atom. The molecule has 0 radical (unpaired) electrons. The van der Waals surface area contributed by atoms with Crippen LogP contribution in [0.15, 0.2) is 18.2 Å². The van der Waals surface area contributed by atoms with Crippen molar-refractivity contribution in [1.29, 1.82) is 0 Å². The Kier molecular flexibility index (Phi) is 5.68. The Morgan fingerprint density at radius 3 is 2.26 bits per heavy atom. The standard InChI is InChI=1S/C24H37NO2/c1-4-8-27-22-7-6-18(12-23(22)26-5-2)16-25-17(3)24-13-19-9-20(14-24)11-21(10-19)15-24/h6-7,12,17,19-21,25H,4-5,8-11,13-16H2,1-3H3. The summed E-state index contributed by atoms with van der Waals surface area (Å²) in [7, 11) is 0. The number of hydrogen-bond donors (Lipinski definition) is 1. The summed E-state index contributed by atoms with van der Waals surface area (Å²) >= 11 is 0. The van der Waals surface area contributed by atoms with E-state index in [0.717, 1.165) is 48.8 Å². The third-order valence-corrected chi connectivity index (χ3v) is 7.39. The molecule has 1 N–H and O–H groups in total. The Balaban J connectivity index is 1.40. The zero-order chi connectivity index (χ0) is 18.9. The van der Waals surface area contributed by atoms with E-state index >= 15 is 0 Å². The molecule has 0 saturated heterocycles. The van der Waals surface area contributed by atoms with Gasteiger partial charge in [0, 0.05) is 12.6 Å². The highest BCUT2D eigenvalue weighted by atomic mass is 16.5. The minimum atomic E-state index is 0.557. The van der Waals surface area contributed by atoms with Crippen LogP contribution in [0, 0.1) is 23.2 Å². The second-order valence-corrected chi connectivity index (χ2v) is 9.45. The van der Waals surface area contributed by atoms with Gasteiger partial charge in [0.15, 0.2) is 11.5 Å². The highest BCUT2D eigenvalue weighted by molar-refractivity contribution is 5.43. The van der Waals surface area contributed by atoms with Gasteiger partial charge in [0.05, 0.1) is 13.2 Å². The van der Waals surface area contributed by atoms with Crippen molar-refractivity contribution in [2.45, 2.75) is 78.3 Å². The molecule has 4 saturated carbocycles. The summed E-state index contributed by atoms with van der Waals surface area (Å²) in [6.45, 7) is 8.92. The van der Waals surface area contributed by atoms with Crippen LogP contribution in [-0.2, 0) is 6.54 Å². The van der Waals surface area contributed by atoms with Gasteiger partial charge in [-0.1, -0.05) is 13.0 Å². The SMILES string of the molecule is CCCOc1ccc(CNC(C)C23CC4CC(CC(C4)C2)C3)cc1OCC. The molecule has 5 rings (SSSR count). The molecule has 1 atom stereocenters. The first-order valence-corrected chi connectivity index (χ1v) is 11.2. The molecule has 27 heavy (non-hydrogen) atoms. The van der Waals surface area contributed by atoms with Crippen LogP contribution in [0.4, 0.5) is 0 Å². The van der Waals surface area contributed by atoms with E-state index in [0.29, 0.717) is 18.1 Å². The maximum atomic E-state index is 5.84. The number of ether oxygens (including phenoxy) is 2. The van der Waals surface area contributed by atoms with Crippen LogP contribution in [0.3, 0.4) is 0 Å². The minimum absolute atomic E-state index is 0.557. The first-order chi connectivity index (χ1) is 13.1. The second kappa shape index (κ2) is 8.03. The number of hydrogen-bond acceptors (Lipinski definition) is 3. The topological polar surface area (TPSA) is 30.5 Å². The average Bonchev–Trinajstić information content (AvgIpc) is 2.64. The van der Waals surface area contributed by atoms with Gasteiger partial charge in [0.2, 0.25) is 0 Å². The van der Waals surface area contributed by atoms with Crippen LogP contribution in [0.25, 0.3) is 0 Å². The van der Waals surface area contributed by atoms with Gasteiger partial charge < -0.3 is 14.8 Å². The maximum Gasteiger partial charge on any atom is 0.161 e. The van der Waals surface area contributed by atoms with E-state index in [2.05, 4.69) is 37.4 Å². The Morgan fingerprint density at radius 2 is 1.67 bits per heavy atom. The van der Waals surface area contributed by atoms with Gasteiger partial charge in [0.25, 0.3) is 0 Å². The second-order valence-electron chi connectivity index (χ2n) is 9.45. The van der Waals surface area contributed by atoms with Crippen molar-refractivity contribution in [1.82, 2.24) is 5.32 Å².